The fraction of sp³-hybridized carbons (Fsp3) is 0.684. The molecule has 0 heterocycles. The second kappa shape index (κ2) is 6.00. The molecule has 1 aliphatic carbocycles. The number of rotatable bonds is 5. The molecule has 2 atom stereocenters. The van der Waals surface area contributed by atoms with Crippen molar-refractivity contribution in [3.63, 3.8) is 0 Å². The van der Waals surface area contributed by atoms with E-state index in [1.165, 1.54) is 18.4 Å². The first kappa shape index (κ1) is 16.4. The maximum Gasteiger partial charge on any atom is 0.120 e. The van der Waals surface area contributed by atoms with Gasteiger partial charge in [-0.15, -0.1) is 0 Å². The van der Waals surface area contributed by atoms with Crippen molar-refractivity contribution in [2.24, 2.45) is 5.41 Å². The summed E-state index contributed by atoms with van der Waals surface area (Å²) in [6.07, 6.45) is 3.77. The summed E-state index contributed by atoms with van der Waals surface area (Å²) in [6.45, 7) is 11.3. The van der Waals surface area contributed by atoms with Gasteiger partial charge in [-0.3, -0.25) is 0 Å². The Morgan fingerprint density at radius 2 is 1.90 bits per heavy atom. The van der Waals surface area contributed by atoms with Gasteiger partial charge in [0.1, 0.15) is 11.9 Å². The van der Waals surface area contributed by atoms with E-state index in [1.807, 2.05) is 0 Å². The molecule has 1 N–H and O–H groups in total. The molecule has 0 aliphatic heterocycles. The van der Waals surface area contributed by atoms with E-state index in [2.05, 4.69) is 71.2 Å². The van der Waals surface area contributed by atoms with Crippen LogP contribution in [0.1, 0.15) is 59.4 Å². The van der Waals surface area contributed by atoms with Gasteiger partial charge in [0.25, 0.3) is 0 Å². The van der Waals surface area contributed by atoms with Gasteiger partial charge in [0, 0.05) is 17.9 Å². The Balaban J connectivity index is 2.16. The summed E-state index contributed by atoms with van der Waals surface area (Å²) in [5.74, 6) is 1.02. The first-order chi connectivity index (χ1) is 9.87. The summed E-state index contributed by atoms with van der Waals surface area (Å²) in [5, 5.41) is 3.47. The monoisotopic (exact) mass is 289 g/mol. The molecular formula is C19H31NO. The normalized spacial score (nSPS) is 24.5. The Labute approximate surface area is 130 Å². The molecular weight excluding hydrogens is 258 g/mol. The van der Waals surface area contributed by atoms with Crippen LogP contribution in [0, 0.1) is 5.41 Å². The zero-order chi connectivity index (χ0) is 15.7. The number of nitrogens with one attached hydrogen (secondary N) is 1. The maximum atomic E-state index is 6.38. The van der Waals surface area contributed by atoms with Gasteiger partial charge < -0.3 is 10.1 Å². The standard InChI is InChI=1S/C19H31NO/c1-7-19(8-2)16(20-6)13-17(19)21-15-11-9-10-14(12-15)18(3,4)5/h9-12,16-17,20H,7-8,13H2,1-6H3. The lowest BCUT2D eigenvalue weighted by molar-refractivity contribution is -0.0836. The zero-order valence-electron chi connectivity index (χ0n) is 14.5. The minimum atomic E-state index is 0.166. The highest BCUT2D eigenvalue weighted by Gasteiger charge is 2.53. The first-order valence-electron chi connectivity index (χ1n) is 8.32. The fourth-order valence-electron chi connectivity index (χ4n) is 3.72. The number of hydrogen-bond acceptors (Lipinski definition) is 2. The smallest absolute Gasteiger partial charge is 0.120 e. The zero-order valence-corrected chi connectivity index (χ0v) is 14.5. The second-order valence-corrected chi connectivity index (χ2v) is 7.40. The van der Waals surface area contributed by atoms with Crippen molar-refractivity contribution in [2.75, 3.05) is 7.05 Å². The molecule has 2 heteroatoms. The van der Waals surface area contributed by atoms with Crippen molar-refractivity contribution < 1.29 is 4.74 Å². The Hall–Kier alpha value is -1.02. The van der Waals surface area contributed by atoms with Gasteiger partial charge in [-0.05, 0) is 43.0 Å². The first-order valence-corrected chi connectivity index (χ1v) is 8.32. The van der Waals surface area contributed by atoms with Crippen molar-refractivity contribution in [1.82, 2.24) is 5.32 Å². The molecule has 0 spiro atoms. The predicted octanol–water partition coefficient (Wildman–Crippen LogP) is 4.53. The molecule has 0 bridgehead atoms. The molecule has 2 nitrogen and oxygen atoms in total. The van der Waals surface area contributed by atoms with Crippen molar-refractivity contribution in [2.45, 2.75) is 71.4 Å². The van der Waals surface area contributed by atoms with Gasteiger partial charge in [-0.1, -0.05) is 46.8 Å². The average molecular weight is 289 g/mol. The van der Waals surface area contributed by atoms with Crippen LogP contribution in [0.15, 0.2) is 24.3 Å². The van der Waals surface area contributed by atoms with Crippen LogP contribution in [0.5, 0.6) is 5.75 Å². The fourth-order valence-corrected chi connectivity index (χ4v) is 3.72. The largest absolute Gasteiger partial charge is 0.490 e. The van der Waals surface area contributed by atoms with Crippen molar-refractivity contribution in [3.05, 3.63) is 29.8 Å². The molecule has 0 aromatic heterocycles. The number of ether oxygens (including phenoxy) is 1. The van der Waals surface area contributed by atoms with E-state index < -0.39 is 0 Å². The molecule has 0 saturated heterocycles. The Bertz CT molecular complexity index is 471. The molecule has 2 rings (SSSR count). The lowest BCUT2D eigenvalue weighted by atomic mass is 9.58. The summed E-state index contributed by atoms with van der Waals surface area (Å²) in [6, 6.07) is 9.20. The van der Waals surface area contributed by atoms with E-state index in [-0.39, 0.29) is 10.8 Å². The average Bonchev–Trinajstić information content (AvgIpc) is 2.44. The van der Waals surface area contributed by atoms with Crippen molar-refractivity contribution >= 4 is 0 Å². The Morgan fingerprint density at radius 1 is 1.24 bits per heavy atom. The lowest BCUT2D eigenvalue weighted by Crippen LogP contribution is -2.63. The van der Waals surface area contributed by atoms with Crippen LogP contribution in [0.4, 0.5) is 0 Å². The van der Waals surface area contributed by atoms with Gasteiger partial charge in [-0.25, -0.2) is 0 Å². The van der Waals surface area contributed by atoms with Crippen LogP contribution >= 0.6 is 0 Å². The minimum absolute atomic E-state index is 0.166. The van der Waals surface area contributed by atoms with E-state index in [0.29, 0.717) is 12.1 Å². The van der Waals surface area contributed by atoms with E-state index in [1.54, 1.807) is 0 Å². The molecule has 0 amide bonds. The van der Waals surface area contributed by atoms with Crippen LogP contribution in [0.25, 0.3) is 0 Å². The van der Waals surface area contributed by atoms with Crippen LogP contribution < -0.4 is 10.1 Å². The highest BCUT2D eigenvalue weighted by atomic mass is 16.5. The van der Waals surface area contributed by atoms with E-state index >= 15 is 0 Å². The summed E-state index contributed by atoms with van der Waals surface area (Å²) in [5.41, 5.74) is 1.79. The van der Waals surface area contributed by atoms with Crippen LogP contribution in [-0.2, 0) is 5.41 Å². The van der Waals surface area contributed by atoms with Crippen LogP contribution in [0.2, 0.25) is 0 Å². The quantitative estimate of drug-likeness (QED) is 0.860. The summed E-state index contributed by atoms with van der Waals surface area (Å²) < 4.78 is 6.38. The molecule has 0 radical (unpaired) electrons. The van der Waals surface area contributed by atoms with Gasteiger partial charge in [0.05, 0.1) is 0 Å². The predicted molar refractivity (Wildman–Crippen MR) is 90.0 cm³/mol. The third-order valence-corrected chi connectivity index (χ3v) is 5.43. The number of hydrogen-bond donors (Lipinski definition) is 1. The van der Waals surface area contributed by atoms with Gasteiger partial charge in [0.15, 0.2) is 0 Å². The van der Waals surface area contributed by atoms with Gasteiger partial charge >= 0.3 is 0 Å². The Morgan fingerprint density at radius 3 is 2.43 bits per heavy atom. The molecule has 1 saturated carbocycles. The van der Waals surface area contributed by atoms with Crippen LogP contribution in [0.3, 0.4) is 0 Å². The lowest BCUT2D eigenvalue weighted by Gasteiger charge is -2.55. The highest BCUT2D eigenvalue weighted by Crippen LogP contribution is 2.49. The van der Waals surface area contributed by atoms with Crippen molar-refractivity contribution in [3.8, 4) is 5.75 Å². The molecule has 1 aromatic carbocycles. The second-order valence-electron chi connectivity index (χ2n) is 7.40. The Kier molecular flexibility index (Phi) is 4.67. The van der Waals surface area contributed by atoms with E-state index in [4.69, 9.17) is 4.74 Å². The van der Waals surface area contributed by atoms with E-state index in [0.717, 1.165) is 12.2 Å². The summed E-state index contributed by atoms with van der Waals surface area (Å²) in [7, 11) is 2.07. The van der Waals surface area contributed by atoms with Crippen LogP contribution in [-0.4, -0.2) is 19.2 Å². The maximum absolute atomic E-state index is 6.38. The third kappa shape index (κ3) is 2.96. The highest BCUT2D eigenvalue weighted by molar-refractivity contribution is 5.33. The third-order valence-electron chi connectivity index (χ3n) is 5.43. The molecule has 1 aliphatic rings. The molecule has 2 unspecified atom stereocenters. The number of benzene rings is 1. The van der Waals surface area contributed by atoms with Crippen molar-refractivity contribution in [1.29, 1.82) is 0 Å². The summed E-state index contributed by atoms with van der Waals surface area (Å²) >= 11 is 0. The topological polar surface area (TPSA) is 21.3 Å². The summed E-state index contributed by atoms with van der Waals surface area (Å²) in [4.78, 5) is 0. The molecule has 118 valence electrons. The van der Waals surface area contributed by atoms with Gasteiger partial charge in [0.2, 0.25) is 0 Å². The molecule has 1 fully saturated rings. The molecule has 21 heavy (non-hydrogen) atoms. The molecule has 1 aromatic rings. The van der Waals surface area contributed by atoms with Gasteiger partial charge in [-0.2, -0.15) is 0 Å². The minimum Gasteiger partial charge on any atom is -0.490 e. The van der Waals surface area contributed by atoms with E-state index in [9.17, 15) is 0 Å². The SMILES string of the molecule is CCC1(CC)C(NC)CC1Oc1cccc(C(C)(C)C)c1.